The largest absolute Gasteiger partial charge is 0.496 e. The number of carbonyl (C=O) groups is 4. The van der Waals surface area contributed by atoms with E-state index < -0.39 is 66.7 Å². The van der Waals surface area contributed by atoms with Gasteiger partial charge in [-0.1, -0.05) is 35.9 Å². The molecule has 1 aliphatic heterocycles. The van der Waals surface area contributed by atoms with Gasteiger partial charge in [0.15, 0.2) is 12.4 Å². The van der Waals surface area contributed by atoms with Gasteiger partial charge in [0.05, 0.1) is 38.2 Å². The zero-order chi connectivity index (χ0) is 37.9. The van der Waals surface area contributed by atoms with Crippen molar-refractivity contribution < 1.29 is 67.7 Å². The van der Waals surface area contributed by atoms with Gasteiger partial charge in [-0.05, 0) is 44.4 Å². The number of rotatable bonds is 16. The lowest BCUT2D eigenvalue weighted by molar-refractivity contribution is -0.293. The first-order valence-electron chi connectivity index (χ1n) is 16.1. The minimum Gasteiger partial charge on any atom is -0.496 e. The smallest absolute Gasteiger partial charge is 0.342 e. The van der Waals surface area contributed by atoms with Crippen molar-refractivity contribution in [3.05, 3.63) is 58.1 Å². The molecule has 3 rings (SSSR count). The van der Waals surface area contributed by atoms with Crippen LogP contribution in [0, 0.1) is 5.92 Å². The van der Waals surface area contributed by atoms with Crippen molar-refractivity contribution in [3.63, 3.8) is 0 Å². The van der Waals surface area contributed by atoms with E-state index in [2.05, 4.69) is 5.32 Å². The molecule has 2 aromatic rings. The molecule has 16 heteroatoms. The summed E-state index contributed by atoms with van der Waals surface area (Å²) in [6.45, 7) is 4.83. The first-order valence-corrected chi connectivity index (χ1v) is 16.5. The predicted molar refractivity (Wildman–Crippen MR) is 180 cm³/mol. The molecule has 0 bridgehead atoms. The molecule has 0 radical (unpaired) electrons. The summed E-state index contributed by atoms with van der Waals surface area (Å²) in [5, 5.41) is 33.0. The van der Waals surface area contributed by atoms with Crippen LogP contribution in [0.15, 0.2) is 36.4 Å². The van der Waals surface area contributed by atoms with Crippen LogP contribution in [-0.2, 0) is 51.2 Å². The van der Waals surface area contributed by atoms with Gasteiger partial charge in [0.25, 0.3) is 0 Å². The van der Waals surface area contributed by atoms with Gasteiger partial charge in [-0.2, -0.15) is 0 Å². The number of aliphatic hydroxyl groups excluding tert-OH is 3. The Hall–Kier alpha value is -3.99. The van der Waals surface area contributed by atoms with Crippen molar-refractivity contribution in [2.75, 3.05) is 27.9 Å². The Kier molecular flexibility index (Phi) is 15.4. The number of amides is 1. The van der Waals surface area contributed by atoms with Gasteiger partial charge in [-0.3, -0.25) is 14.4 Å². The van der Waals surface area contributed by atoms with Crippen LogP contribution < -0.4 is 14.8 Å². The van der Waals surface area contributed by atoms with E-state index in [1.165, 1.54) is 33.5 Å². The molecule has 15 nitrogen and oxygen atoms in total. The van der Waals surface area contributed by atoms with Crippen molar-refractivity contribution >= 4 is 35.4 Å². The van der Waals surface area contributed by atoms with Crippen LogP contribution in [0.4, 0.5) is 0 Å². The highest BCUT2D eigenvalue weighted by Gasteiger charge is 2.47. The van der Waals surface area contributed by atoms with Gasteiger partial charge >= 0.3 is 17.9 Å². The molecular weight excluding hydrogens is 694 g/mol. The molecule has 2 aromatic carbocycles. The fourth-order valence-corrected chi connectivity index (χ4v) is 5.39. The number of carbonyl (C=O) groups excluding carboxylic acids is 4. The van der Waals surface area contributed by atoms with Crippen LogP contribution in [0.25, 0.3) is 0 Å². The first kappa shape index (κ1) is 41.4. The summed E-state index contributed by atoms with van der Waals surface area (Å²) in [7, 11) is 3.80. The second-order valence-corrected chi connectivity index (χ2v) is 13.1. The maximum atomic E-state index is 13.1. The van der Waals surface area contributed by atoms with Crippen molar-refractivity contribution in [1.82, 2.24) is 5.32 Å². The van der Waals surface area contributed by atoms with Gasteiger partial charge in [0, 0.05) is 26.1 Å². The molecule has 1 heterocycles. The van der Waals surface area contributed by atoms with Gasteiger partial charge in [-0.15, -0.1) is 0 Å². The predicted octanol–water partition coefficient (Wildman–Crippen LogP) is 2.46. The third kappa shape index (κ3) is 12.0. The van der Waals surface area contributed by atoms with Crippen molar-refractivity contribution in [2.24, 2.45) is 5.92 Å². The Morgan fingerprint density at radius 3 is 2.33 bits per heavy atom. The number of aliphatic hydroxyl groups is 3. The summed E-state index contributed by atoms with van der Waals surface area (Å²) in [4.78, 5) is 50.2. The summed E-state index contributed by atoms with van der Waals surface area (Å²) in [6.07, 6.45) is -7.12. The molecule has 51 heavy (non-hydrogen) atoms. The van der Waals surface area contributed by atoms with Gasteiger partial charge in [-0.25, -0.2) is 4.79 Å². The van der Waals surface area contributed by atoms with Crippen LogP contribution >= 0.6 is 11.6 Å². The highest BCUT2D eigenvalue weighted by Crippen LogP contribution is 2.35. The Labute approximate surface area is 301 Å². The summed E-state index contributed by atoms with van der Waals surface area (Å²) < 4.78 is 37.3. The van der Waals surface area contributed by atoms with E-state index in [4.69, 9.17) is 44.8 Å². The van der Waals surface area contributed by atoms with E-state index in [9.17, 15) is 34.5 Å². The Balaban J connectivity index is 1.59. The fourth-order valence-electron chi connectivity index (χ4n) is 5.17. The maximum Gasteiger partial charge on any atom is 0.342 e. The van der Waals surface area contributed by atoms with E-state index in [0.29, 0.717) is 0 Å². The number of nitrogens with one attached hydrogen (secondary N) is 1. The third-order valence-electron chi connectivity index (χ3n) is 7.74. The van der Waals surface area contributed by atoms with E-state index in [1.807, 2.05) is 12.1 Å². The highest BCUT2D eigenvalue weighted by atomic mass is 35.5. The Morgan fingerprint density at radius 1 is 1.00 bits per heavy atom. The molecule has 0 saturated carbocycles. The molecule has 0 aliphatic carbocycles. The Morgan fingerprint density at radius 2 is 1.71 bits per heavy atom. The standard InChI is InChI=1S/C35H46ClNO14/c1-35(2,3)51-28(40)13-21(32(43)46-5)10-11-27(39)37-16-19-8-7-9-20(12-19)18-48-25-15-24(45-4)22(14-23(25)36)33(44)50-31-30(42)29(41)26(17-38)49-34(31)47-6/h7-9,12,14-15,21,26,29-31,34,38,41-42H,10-11,13,16-18H2,1-6H3,(H,37,39)/t21-,26-,29-,30+,31-,34+/m1/s1. The number of hydrogen-bond acceptors (Lipinski definition) is 14. The summed E-state index contributed by atoms with van der Waals surface area (Å²) in [5.74, 6) is -3.01. The molecule has 0 unspecified atom stereocenters. The average Bonchev–Trinajstić information content (AvgIpc) is 3.09. The molecule has 6 atom stereocenters. The maximum absolute atomic E-state index is 13.1. The second-order valence-electron chi connectivity index (χ2n) is 12.7. The normalized spacial score (nSPS) is 20.9. The molecule has 1 fully saturated rings. The molecule has 0 spiro atoms. The van der Waals surface area contributed by atoms with Crippen LogP contribution in [-0.4, -0.2) is 103 Å². The van der Waals surface area contributed by atoms with Crippen molar-refractivity contribution in [3.8, 4) is 11.5 Å². The summed E-state index contributed by atoms with van der Waals surface area (Å²) in [5.41, 5.74) is 0.694. The molecular formula is C35H46ClNO14. The fraction of sp³-hybridized carbons (Fsp3) is 0.543. The van der Waals surface area contributed by atoms with E-state index in [0.717, 1.165) is 11.1 Å². The molecule has 1 saturated heterocycles. The number of benzene rings is 2. The topological polar surface area (TPSA) is 206 Å². The molecule has 282 valence electrons. The average molecular weight is 740 g/mol. The third-order valence-corrected chi connectivity index (χ3v) is 8.03. The second kappa shape index (κ2) is 19.0. The van der Waals surface area contributed by atoms with E-state index in [1.54, 1.807) is 32.9 Å². The first-order chi connectivity index (χ1) is 24.1. The monoisotopic (exact) mass is 739 g/mol. The lowest BCUT2D eigenvalue weighted by atomic mass is 9.99. The van der Waals surface area contributed by atoms with Gasteiger partial charge in [0.2, 0.25) is 5.91 Å². The lowest BCUT2D eigenvalue weighted by Crippen LogP contribution is -2.60. The van der Waals surface area contributed by atoms with Gasteiger partial charge < -0.3 is 53.8 Å². The number of hydrogen-bond donors (Lipinski definition) is 4. The number of methoxy groups -OCH3 is 3. The van der Waals surface area contributed by atoms with Gasteiger partial charge in [0.1, 0.15) is 47.6 Å². The van der Waals surface area contributed by atoms with Crippen molar-refractivity contribution in [1.29, 1.82) is 0 Å². The minimum atomic E-state index is -1.62. The quantitative estimate of drug-likeness (QED) is 0.144. The lowest BCUT2D eigenvalue weighted by Gasteiger charge is -2.40. The van der Waals surface area contributed by atoms with Crippen LogP contribution in [0.1, 0.15) is 61.5 Å². The van der Waals surface area contributed by atoms with Crippen LogP contribution in [0.3, 0.4) is 0 Å². The highest BCUT2D eigenvalue weighted by molar-refractivity contribution is 6.32. The molecule has 0 aromatic heterocycles. The summed E-state index contributed by atoms with van der Waals surface area (Å²) in [6, 6.07) is 9.88. The van der Waals surface area contributed by atoms with E-state index >= 15 is 0 Å². The SMILES string of the molecule is COC(=O)[C@H](CCC(=O)NCc1cccc(COc2cc(OC)c(C(=O)O[C@H]3[C@@H](OC)O[C@H](CO)[C@@H](O)[C@@H]3O)cc2Cl)c1)CC(=O)OC(C)(C)C. The zero-order valence-electron chi connectivity index (χ0n) is 29.4. The number of ether oxygens (including phenoxy) is 7. The minimum absolute atomic E-state index is 0.0106. The van der Waals surface area contributed by atoms with E-state index in [-0.39, 0.29) is 60.4 Å². The molecule has 1 amide bonds. The van der Waals surface area contributed by atoms with Crippen molar-refractivity contribution in [2.45, 2.75) is 89.5 Å². The molecule has 1 aliphatic rings. The molecule has 4 N–H and O–H groups in total. The Bertz CT molecular complexity index is 1510. The number of halogens is 1. The van der Waals surface area contributed by atoms with Crippen LogP contribution in [0.5, 0.6) is 11.5 Å². The summed E-state index contributed by atoms with van der Waals surface area (Å²) >= 11 is 6.45. The van der Waals surface area contributed by atoms with Crippen LogP contribution in [0.2, 0.25) is 5.02 Å². The number of esters is 3. The zero-order valence-corrected chi connectivity index (χ0v) is 30.1.